The average molecular weight is 370 g/mol. The summed E-state index contributed by atoms with van der Waals surface area (Å²) in [5.41, 5.74) is 4.06. The lowest BCUT2D eigenvalue weighted by Gasteiger charge is -2.08. The molecule has 0 bridgehead atoms. The van der Waals surface area contributed by atoms with Crippen LogP contribution in [0.15, 0.2) is 83.4 Å². The molecule has 138 valence electrons. The van der Waals surface area contributed by atoms with E-state index in [1.54, 1.807) is 12.1 Å². The quantitative estimate of drug-likeness (QED) is 0.507. The fraction of sp³-hybridized carbons (Fsp3) is 0.0455. The van der Waals surface area contributed by atoms with Crippen molar-refractivity contribution in [2.75, 3.05) is 10.6 Å². The van der Waals surface area contributed by atoms with Gasteiger partial charge in [0.2, 0.25) is 5.82 Å². The van der Waals surface area contributed by atoms with Crippen molar-refractivity contribution in [1.82, 2.24) is 10.1 Å². The van der Waals surface area contributed by atoms with Gasteiger partial charge in [-0.3, -0.25) is 0 Å². The van der Waals surface area contributed by atoms with Crippen molar-refractivity contribution >= 4 is 17.4 Å². The first kappa shape index (κ1) is 17.5. The van der Waals surface area contributed by atoms with Crippen molar-refractivity contribution < 1.29 is 9.32 Å². The molecule has 0 atom stereocenters. The van der Waals surface area contributed by atoms with Gasteiger partial charge in [0.05, 0.1) is 0 Å². The molecule has 0 aliphatic carbocycles. The Kier molecular flexibility index (Phi) is 4.84. The topological polar surface area (TPSA) is 80.0 Å². The number of urea groups is 1. The Labute approximate surface area is 162 Å². The molecule has 0 aliphatic heterocycles. The second-order valence-electron chi connectivity index (χ2n) is 6.26. The highest BCUT2D eigenvalue weighted by Gasteiger charge is 2.13. The Bertz CT molecular complexity index is 1110. The number of anilines is 2. The summed E-state index contributed by atoms with van der Waals surface area (Å²) in [6, 6.07) is 24.1. The van der Waals surface area contributed by atoms with Gasteiger partial charge >= 0.3 is 6.03 Å². The molecular formula is C22H18N4O2. The monoisotopic (exact) mass is 370 g/mol. The van der Waals surface area contributed by atoms with Gasteiger partial charge in [0.15, 0.2) is 0 Å². The molecule has 1 aromatic heterocycles. The minimum atomic E-state index is -0.322. The molecule has 0 radical (unpaired) electrons. The maximum absolute atomic E-state index is 12.2. The van der Waals surface area contributed by atoms with Crippen LogP contribution in [0.3, 0.4) is 0 Å². The van der Waals surface area contributed by atoms with E-state index in [2.05, 4.69) is 20.8 Å². The lowest BCUT2D eigenvalue weighted by molar-refractivity contribution is 0.262. The van der Waals surface area contributed by atoms with Gasteiger partial charge in [-0.15, -0.1) is 0 Å². The van der Waals surface area contributed by atoms with Gasteiger partial charge in [-0.1, -0.05) is 53.7 Å². The maximum Gasteiger partial charge on any atom is 0.323 e. The van der Waals surface area contributed by atoms with Crippen molar-refractivity contribution in [2.24, 2.45) is 0 Å². The summed E-state index contributed by atoms with van der Waals surface area (Å²) in [6.45, 7) is 2.00. The summed E-state index contributed by atoms with van der Waals surface area (Å²) in [4.78, 5) is 16.7. The van der Waals surface area contributed by atoms with E-state index in [4.69, 9.17) is 4.52 Å². The third-order valence-corrected chi connectivity index (χ3v) is 4.21. The molecule has 4 rings (SSSR count). The molecule has 0 saturated heterocycles. The van der Waals surface area contributed by atoms with Crippen LogP contribution in [0.5, 0.6) is 0 Å². The van der Waals surface area contributed by atoms with Crippen LogP contribution in [0.1, 0.15) is 5.56 Å². The second-order valence-corrected chi connectivity index (χ2v) is 6.26. The van der Waals surface area contributed by atoms with Crippen molar-refractivity contribution in [2.45, 2.75) is 6.92 Å². The predicted octanol–water partition coefficient (Wildman–Crippen LogP) is 5.36. The molecule has 0 aliphatic rings. The zero-order valence-electron chi connectivity index (χ0n) is 15.2. The van der Waals surface area contributed by atoms with E-state index in [0.717, 1.165) is 22.4 Å². The Morgan fingerprint density at radius 3 is 2.39 bits per heavy atom. The van der Waals surface area contributed by atoms with E-state index in [-0.39, 0.29) is 6.03 Å². The molecule has 28 heavy (non-hydrogen) atoms. The van der Waals surface area contributed by atoms with Crippen LogP contribution in [-0.4, -0.2) is 16.2 Å². The van der Waals surface area contributed by atoms with Gasteiger partial charge in [0.25, 0.3) is 5.89 Å². The highest BCUT2D eigenvalue weighted by molar-refractivity contribution is 6.00. The van der Waals surface area contributed by atoms with E-state index in [0.29, 0.717) is 17.4 Å². The zero-order valence-corrected chi connectivity index (χ0v) is 15.2. The standard InChI is InChI=1S/C22H18N4O2/c1-15-8-5-6-13-19(15)21-25-20(26-28-21)16-9-7-12-18(14-16)24-22(27)23-17-10-3-2-4-11-17/h2-14H,1H3,(H2,23,24,27). The number of carbonyl (C=O) groups is 1. The number of hydrogen-bond acceptors (Lipinski definition) is 4. The first-order chi connectivity index (χ1) is 13.7. The Hall–Kier alpha value is -3.93. The number of aromatic nitrogens is 2. The minimum Gasteiger partial charge on any atom is -0.334 e. The first-order valence-corrected chi connectivity index (χ1v) is 8.82. The van der Waals surface area contributed by atoms with E-state index in [1.807, 2.05) is 73.7 Å². The molecule has 0 spiro atoms. The number of rotatable bonds is 4. The first-order valence-electron chi connectivity index (χ1n) is 8.82. The van der Waals surface area contributed by atoms with E-state index >= 15 is 0 Å². The van der Waals surface area contributed by atoms with E-state index in [9.17, 15) is 4.79 Å². The third-order valence-electron chi connectivity index (χ3n) is 4.21. The fourth-order valence-electron chi connectivity index (χ4n) is 2.81. The number of benzene rings is 3. The minimum absolute atomic E-state index is 0.322. The van der Waals surface area contributed by atoms with Gasteiger partial charge in [0.1, 0.15) is 0 Å². The molecule has 6 heteroatoms. The largest absolute Gasteiger partial charge is 0.334 e. The number of carbonyl (C=O) groups excluding carboxylic acids is 1. The van der Waals surface area contributed by atoms with Crippen LogP contribution in [0, 0.1) is 6.92 Å². The summed E-state index contributed by atoms with van der Waals surface area (Å²) < 4.78 is 5.43. The SMILES string of the molecule is Cc1ccccc1-c1nc(-c2cccc(NC(=O)Nc3ccccc3)c2)no1. The van der Waals surface area contributed by atoms with Gasteiger partial charge in [-0.25, -0.2) is 4.79 Å². The van der Waals surface area contributed by atoms with E-state index < -0.39 is 0 Å². The molecule has 0 saturated carbocycles. The van der Waals surface area contributed by atoms with Crippen LogP contribution in [0.2, 0.25) is 0 Å². The molecule has 2 N–H and O–H groups in total. The van der Waals surface area contributed by atoms with Gasteiger partial charge in [-0.2, -0.15) is 4.98 Å². The highest BCUT2D eigenvalue weighted by Crippen LogP contribution is 2.26. The Morgan fingerprint density at radius 1 is 0.857 bits per heavy atom. The van der Waals surface area contributed by atoms with Crippen molar-refractivity contribution in [1.29, 1.82) is 0 Å². The van der Waals surface area contributed by atoms with Gasteiger partial charge in [0, 0.05) is 22.5 Å². The number of nitrogens with one attached hydrogen (secondary N) is 2. The molecular weight excluding hydrogens is 352 g/mol. The van der Waals surface area contributed by atoms with Crippen LogP contribution in [-0.2, 0) is 0 Å². The van der Waals surface area contributed by atoms with Crippen molar-refractivity contribution in [3.05, 3.63) is 84.4 Å². The van der Waals surface area contributed by atoms with Crippen LogP contribution < -0.4 is 10.6 Å². The molecule has 0 unspecified atom stereocenters. The number of amides is 2. The summed E-state index contributed by atoms with van der Waals surface area (Å²) in [7, 11) is 0. The normalized spacial score (nSPS) is 10.5. The Morgan fingerprint density at radius 2 is 1.57 bits per heavy atom. The number of nitrogens with zero attached hydrogens (tertiary/aromatic N) is 2. The summed E-state index contributed by atoms with van der Waals surface area (Å²) in [5.74, 6) is 0.929. The van der Waals surface area contributed by atoms with E-state index in [1.165, 1.54) is 0 Å². The molecule has 1 heterocycles. The van der Waals surface area contributed by atoms with Crippen molar-refractivity contribution in [3.63, 3.8) is 0 Å². The summed E-state index contributed by atoms with van der Waals surface area (Å²) in [5, 5.41) is 9.67. The average Bonchev–Trinajstić information content (AvgIpc) is 3.19. The van der Waals surface area contributed by atoms with Crippen LogP contribution >= 0.6 is 0 Å². The lowest BCUT2D eigenvalue weighted by Crippen LogP contribution is -2.19. The van der Waals surface area contributed by atoms with Crippen LogP contribution in [0.4, 0.5) is 16.2 Å². The Balaban J connectivity index is 1.51. The summed E-state index contributed by atoms with van der Waals surface area (Å²) in [6.07, 6.45) is 0. The smallest absolute Gasteiger partial charge is 0.323 e. The molecule has 4 aromatic rings. The predicted molar refractivity (Wildman–Crippen MR) is 109 cm³/mol. The fourth-order valence-corrected chi connectivity index (χ4v) is 2.81. The third kappa shape index (κ3) is 3.91. The number of para-hydroxylation sites is 1. The molecule has 6 nitrogen and oxygen atoms in total. The summed E-state index contributed by atoms with van der Waals surface area (Å²) >= 11 is 0. The molecule has 0 fully saturated rings. The van der Waals surface area contributed by atoms with Gasteiger partial charge < -0.3 is 15.2 Å². The number of aryl methyl sites for hydroxylation is 1. The maximum atomic E-state index is 12.2. The van der Waals surface area contributed by atoms with Crippen LogP contribution in [0.25, 0.3) is 22.8 Å². The molecule has 2 amide bonds. The lowest BCUT2D eigenvalue weighted by atomic mass is 10.1. The van der Waals surface area contributed by atoms with Crippen molar-refractivity contribution in [3.8, 4) is 22.8 Å². The van der Waals surface area contributed by atoms with Gasteiger partial charge in [-0.05, 0) is 42.8 Å². The number of hydrogen-bond donors (Lipinski definition) is 2. The second kappa shape index (κ2) is 7.75. The highest BCUT2D eigenvalue weighted by atomic mass is 16.5. The molecule has 3 aromatic carbocycles. The zero-order chi connectivity index (χ0) is 19.3.